The summed E-state index contributed by atoms with van der Waals surface area (Å²) in [7, 11) is 0. The van der Waals surface area contributed by atoms with Crippen LogP contribution in [-0.2, 0) is 9.53 Å². The van der Waals surface area contributed by atoms with E-state index in [1.807, 2.05) is 29.2 Å². The maximum Gasteiger partial charge on any atom is 0.242 e. The van der Waals surface area contributed by atoms with Crippen molar-refractivity contribution in [2.24, 2.45) is 5.73 Å². The average Bonchev–Trinajstić information content (AvgIpc) is 3.18. The van der Waals surface area contributed by atoms with Crippen LogP contribution in [0.1, 0.15) is 24.5 Å². The number of carbonyl (C=O) groups excluding carboxylic acids is 1. The number of carbonyl (C=O) groups is 1. The molecule has 1 saturated carbocycles. The predicted molar refractivity (Wildman–Crippen MR) is 82.8 cm³/mol. The third kappa shape index (κ3) is 3.01. The van der Waals surface area contributed by atoms with Gasteiger partial charge in [-0.25, -0.2) is 0 Å². The standard InChI is InChI=1S/C14H17BrN2O2.ClH/c15-11-4-2-1-3-10(11)12-9-17(7-8-19-12)13(18)14(16)5-6-14;/h1-4,12H,5-9,16H2;1H. The maximum atomic E-state index is 12.3. The summed E-state index contributed by atoms with van der Waals surface area (Å²) >= 11 is 3.53. The molecule has 1 amide bonds. The zero-order chi connectivity index (χ0) is 13.5. The zero-order valence-corrected chi connectivity index (χ0v) is 13.5. The Bertz CT molecular complexity index is 508. The third-order valence-corrected chi connectivity index (χ3v) is 4.54. The molecule has 3 rings (SSSR count). The van der Waals surface area contributed by atoms with Gasteiger partial charge in [0.2, 0.25) is 5.91 Å². The SMILES string of the molecule is Cl.NC1(C(=O)N2CCOC(c3ccccc3Br)C2)CC1. The minimum absolute atomic E-state index is 0. The summed E-state index contributed by atoms with van der Waals surface area (Å²) in [6.07, 6.45) is 1.54. The minimum atomic E-state index is -0.587. The highest BCUT2D eigenvalue weighted by molar-refractivity contribution is 9.10. The van der Waals surface area contributed by atoms with E-state index >= 15 is 0 Å². The van der Waals surface area contributed by atoms with Crippen LogP contribution in [0.15, 0.2) is 28.7 Å². The summed E-state index contributed by atoms with van der Waals surface area (Å²) in [5.41, 5.74) is 6.49. The van der Waals surface area contributed by atoms with Gasteiger partial charge in [0.1, 0.15) is 6.10 Å². The van der Waals surface area contributed by atoms with E-state index in [0.29, 0.717) is 19.7 Å². The second-order valence-corrected chi connectivity index (χ2v) is 6.14. The first kappa shape index (κ1) is 15.8. The molecule has 1 aliphatic heterocycles. The molecular weight excluding hydrogens is 344 g/mol. The Morgan fingerprint density at radius 1 is 1.40 bits per heavy atom. The van der Waals surface area contributed by atoms with Crippen LogP contribution in [0.2, 0.25) is 0 Å². The molecule has 0 radical (unpaired) electrons. The summed E-state index contributed by atoms with van der Waals surface area (Å²) in [5, 5.41) is 0. The Balaban J connectivity index is 0.00000147. The molecule has 1 aromatic carbocycles. The van der Waals surface area contributed by atoms with Gasteiger partial charge in [-0.2, -0.15) is 0 Å². The largest absolute Gasteiger partial charge is 0.370 e. The van der Waals surface area contributed by atoms with E-state index in [0.717, 1.165) is 22.9 Å². The van der Waals surface area contributed by atoms with Crippen LogP contribution in [-0.4, -0.2) is 36.0 Å². The molecule has 1 unspecified atom stereocenters. The molecule has 1 atom stereocenters. The van der Waals surface area contributed by atoms with Gasteiger partial charge in [-0.3, -0.25) is 4.79 Å². The van der Waals surface area contributed by atoms with E-state index in [1.54, 1.807) is 0 Å². The lowest BCUT2D eigenvalue weighted by atomic mass is 10.1. The number of hydrogen-bond donors (Lipinski definition) is 1. The molecule has 1 aromatic rings. The van der Waals surface area contributed by atoms with Crippen molar-refractivity contribution in [2.45, 2.75) is 24.5 Å². The first-order valence-electron chi connectivity index (χ1n) is 6.54. The highest BCUT2D eigenvalue weighted by atomic mass is 79.9. The van der Waals surface area contributed by atoms with E-state index < -0.39 is 5.54 Å². The molecule has 20 heavy (non-hydrogen) atoms. The molecule has 110 valence electrons. The van der Waals surface area contributed by atoms with Crippen molar-refractivity contribution in [3.05, 3.63) is 34.3 Å². The molecule has 2 N–H and O–H groups in total. The lowest BCUT2D eigenvalue weighted by Gasteiger charge is -2.35. The normalized spacial score (nSPS) is 23.9. The van der Waals surface area contributed by atoms with Gasteiger partial charge < -0.3 is 15.4 Å². The lowest BCUT2D eigenvalue weighted by molar-refractivity contribution is -0.141. The van der Waals surface area contributed by atoms with Crippen molar-refractivity contribution < 1.29 is 9.53 Å². The molecule has 1 heterocycles. The molecule has 0 spiro atoms. The predicted octanol–water partition coefficient (Wildman–Crippen LogP) is 2.26. The molecule has 1 aliphatic carbocycles. The summed E-state index contributed by atoms with van der Waals surface area (Å²) in [5.74, 6) is 0.0767. The quantitative estimate of drug-likeness (QED) is 0.879. The van der Waals surface area contributed by atoms with Gasteiger partial charge in [0.25, 0.3) is 0 Å². The van der Waals surface area contributed by atoms with E-state index in [-0.39, 0.29) is 24.4 Å². The van der Waals surface area contributed by atoms with Crippen LogP contribution in [0.3, 0.4) is 0 Å². The second-order valence-electron chi connectivity index (χ2n) is 5.29. The topological polar surface area (TPSA) is 55.6 Å². The molecule has 4 nitrogen and oxygen atoms in total. The number of morpholine rings is 1. The highest BCUT2D eigenvalue weighted by Gasteiger charge is 2.48. The van der Waals surface area contributed by atoms with Gasteiger partial charge in [-0.15, -0.1) is 12.4 Å². The van der Waals surface area contributed by atoms with Crippen LogP contribution in [0.5, 0.6) is 0 Å². The van der Waals surface area contributed by atoms with Gasteiger partial charge >= 0.3 is 0 Å². The average molecular weight is 362 g/mol. The monoisotopic (exact) mass is 360 g/mol. The number of benzene rings is 1. The van der Waals surface area contributed by atoms with Crippen molar-refractivity contribution in [3.8, 4) is 0 Å². The summed E-state index contributed by atoms with van der Waals surface area (Å²) in [4.78, 5) is 14.1. The fraction of sp³-hybridized carbons (Fsp3) is 0.500. The molecule has 0 aromatic heterocycles. The van der Waals surface area contributed by atoms with Gasteiger partial charge in [-0.1, -0.05) is 34.1 Å². The number of hydrogen-bond acceptors (Lipinski definition) is 3. The highest BCUT2D eigenvalue weighted by Crippen LogP contribution is 2.36. The molecule has 6 heteroatoms. The van der Waals surface area contributed by atoms with E-state index in [2.05, 4.69) is 15.9 Å². The van der Waals surface area contributed by atoms with Crippen LogP contribution < -0.4 is 5.73 Å². The Kier molecular flexibility index (Phi) is 4.74. The second kappa shape index (κ2) is 6.02. The number of nitrogens with two attached hydrogens (primary N) is 1. The Hall–Kier alpha value is -0.620. The van der Waals surface area contributed by atoms with Gasteiger partial charge in [0, 0.05) is 11.0 Å². The van der Waals surface area contributed by atoms with Crippen molar-refractivity contribution in [3.63, 3.8) is 0 Å². The van der Waals surface area contributed by atoms with Gasteiger partial charge in [0.05, 0.1) is 18.7 Å². The number of nitrogens with zero attached hydrogens (tertiary/aromatic N) is 1. The van der Waals surface area contributed by atoms with Crippen molar-refractivity contribution >= 4 is 34.2 Å². The first-order valence-corrected chi connectivity index (χ1v) is 7.34. The fourth-order valence-corrected chi connectivity index (χ4v) is 2.96. The van der Waals surface area contributed by atoms with E-state index in [4.69, 9.17) is 10.5 Å². The summed E-state index contributed by atoms with van der Waals surface area (Å²) in [6, 6.07) is 7.97. The van der Waals surface area contributed by atoms with Crippen molar-refractivity contribution in [1.29, 1.82) is 0 Å². The number of ether oxygens (including phenoxy) is 1. The number of amides is 1. The Morgan fingerprint density at radius 2 is 2.10 bits per heavy atom. The van der Waals surface area contributed by atoms with Crippen LogP contribution in [0.25, 0.3) is 0 Å². The number of rotatable bonds is 2. The van der Waals surface area contributed by atoms with Crippen LogP contribution in [0, 0.1) is 0 Å². The first-order chi connectivity index (χ1) is 9.10. The molecule has 2 fully saturated rings. The molecule has 0 bridgehead atoms. The Morgan fingerprint density at radius 3 is 2.75 bits per heavy atom. The van der Waals surface area contributed by atoms with Gasteiger partial charge in [0.15, 0.2) is 0 Å². The van der Waals surface area contributed by atoms with E-state index in [9.17, 15) is 4.79 Å². The smallest absolute Gasteiger partial charge is 0.242 e. The van der Waals surface area contributed by atoms with Crippen molar-refractivity contribution in [1.82, 2.24) is 4.90 Å². The van der Waals surface area contributed by atoms with Crippen LogP contribution >= 0.6 is 28.3 Å². The zero-order valence-electron chi connectivity index (χ0n) is 11.0. The van der Waals surface area contributed by atoms with Gasteiger partial charge in [-0.05, 0) is 24.5 Å². The molecule has 2 aliphatic rings. The fourth-order valence-electron chi connectivity index (χ4n) is 2.42. The number of halogens is 2. The molecular formula is C14H18BrClN2O2. The van der Waals surface area contributed by atoms with Crippen LogP contribution in [0.4, 0.5) is 0 Å². The summed E-state index contributed by atoms with van der Waals surface area (Å²) < 4.78 is 6.81. The Labute approximate surface area is 133 Å². The molecule has 1 saturated heterocycles. The van der Waals surface area contributed by atoms with Crippen molar-refractivity contribution in [2.75, 3.05) is 19.7 Å². The maximum absolute atomic E-state index is 12.3. The lowest BCUT2D eigenvalue weighted by Crippen LogP contribution is -2.50. The summed E-state index contributed by atoms with van der Waals surface area (Å²) in [6.45, 7) is 1.78. The third-order valence-electron chi connectivity index (χ3n) is 3.82. The minimum Gasteiger partial charge on any atom is -0.370 e. The van der Waals surface area contributed by atoms with E-state index in [1.165, 1.54) is 0 Å².